The molecule has 1 rings (SSSR count). The number of thioether (sulfide) groups is 2. The van der Waals surface area contributed by atoms with E-state index < -0.39 is 0 Å². The van der Waals surface area contributed by atoms with E-state index in [4.69, 9.17) is 0 Å². The van der Waals surface area contributed by atoms with Gasteiger partial charge in [0.05, 0.1) is 0 Å². The molecule has 3 unspecified atom stereocenters. The molecular weight excluding hydrogens is 288 g/mol. The van der Waals surface area contributed by atoms with Gasteiger partial charge >= 0.3 is 0 Å². The SMILES string of the molecule is C[CH]C1CCC(CCSC(C)=O)C(CCSC(C)=O)C1. The molecule has 0 saturated heterocycles. The zero-order chi connectivity index (χ0) is 15.0. The average molecular weight is 316 g/mol. The lowest BCUT2D eigenvalue weighted by Crippen LogP contribution is -2.26. The van der Waals surface area contributed by atoms with Gasteiger partial charge in [0.15, 0.2) is 10.2 Å². The Morgan fingerprint density at radius 1 is 1.00 bits per heavy atom. The first kappa shape index (κ1) is 18.1. The molecule has 1 radical (unpaired) electrons. The van der Waals surface area contributed by atoms with Crippen molar-refractivity contribution >= 4 is 33.8 Å². The lowest BCUT2D eigenvalue weighted by atomic mass is 9.71. The van der Waals surface area contributed by atoms with Crippen molar-refractivity contribution in [3.63, 3.8) is 0 Å². The Balaban J connectivity index is 2.41. The lowest BCUT2D eigenvalue weighted by molar-refractivity contribution is -0.109. The second-order valence-corrected chi connectivity index (χ2v) is 8.23. The maximum Gasteiger partial charge on any atom is 0.185 e. The monoisotopic (exact) mass is 315 g/mol. The standard InChI is InChI=1S/C16H27O2S2/c1-4-14-5-6-15(7-9-19-12(2)17)16(11-14)8-10-20-13(3)18/h4,14-16H,5-11H2,1-3H3. The van der Waals surface area contributed by atoms with Crippen LogP contribution in [0.5, 0.6) is 0 Å². The van der Waals surface area contributed by atoms with Crippen molar-refractivity contribution in [3.05, 3.63) is 6.42 Å². The summed E-state index contributed by atoms with van der Waals surface area (Å²) in [7, 11) is 0. The molecule has 0 heterocycles. The molecule has 0 amide bonds. The summed E-state index contributed by atoms with van der Waals surface area (Å²) in [5, 5.41) is 0.451. The Hall–Kier alpha value is 0.0400. The van der Waals surface area contributed by atoms with Crippen LogP contribution in [-0.4, -0.2) is 21.7 Å². The van der Waals surface area contributed by atoms with Crippen LogP contribution in [-0.2, 0) is 9.59 Å². The van der Waals surface area contributed by atoms with Crippen LogP contribution in [0.1, 0.15) is 52.9 Å². The first-order valence-electron chi connectivity index (χ1n) is 7.59. The Morgan fingerprint density at radius 3 is 2.05 bits per heavy atom. The molecule has 4 heteroatoms. The summed E-state index contributed by atoms with van der Waals surface area (Å²) in [6, 6.07) is 0. The quantitative estimate of drug-likeness (QED) is 0.688. The largest absolute Gasteiger partial charge is 0.288 e. The maximum atomic E-state index is 11.1. The van der Waals surface area contributed by atoms with Crippen LogP contribution in [0.4, 0.5) is 0 Å². The van der Waals surface area contributed by atoms with E-state index in [0.29, 0.717) is 0 Å². The van der Waals surface area contributed by atoms with Gasteiger partial charge in [0, 0.05) is 25.4 Å². The van der Waals surface area contributed by atoms with Crippen LogP contribution < -0.4 is 0 Å². The van der Waals surface area contributed by atoms with E-state index in [1.165, 1.54) is 42.8 Å². The number of hydrogen-bond acceptors (Lipinski definition) is 4. The Labute approximate surface area is 132 Å². The van der Waals surface area contributed by atoms with Crippen molar-refractivity contribution < 1.29 is 9.59 Å². The van der Waals surface area contributed by atoms with Gasteiger partial charge in [-0.05, 0) is 56.3 Å². The van der Waals surface area contributed by atoms with Crippen molar-refractivity contribution in [1.82, 2.24) is 0 Å². The molecule has 0 N–H and O–H groups in total. The zero-order valence-corrected chi connectivity index (χ0v) is 14.5. The first-order valence-corrected chi connectivity index (χ1v) is 9.56. The van der Waals surface area contributed by atoms with Crippen LogP contribution >= 0.6 is 23.5 Å². The molecule has 0 aromatic heterocycles. The third-order valence-electron chi connectivity index (χ3n) is 4.24. The van der Waals surface area contributed by atoms with E-state index in [1.807, 2.05) is 0 Å². The van der Waals surface area contributed by atoms with Gasteiger partial charge in [-0.3, -0.25) is 9.59 Å². The highest BCUT2D eigenvalue weighted by Crippen LogP contribution is 2.39. The third-order valence-corrected chi connectivity index (χ3v) is 5.93. The summed E-state index contributed by atoms with van der Waals surface area (Å²) in [5.74, 6) is 4.12. The fourth-order valence-electron chi connectivity index (χ4n) is 3.11. The van der Waals surface area contributed by atoms with Crippen molar-refractivity contribution in [1.29, 1.82) is 0 Å². The van der Waals surface area contributed by atoms with Gasteiger partial charge in [-0.1, -0.05) is 30.4 Å². The van der Waals surface area contributed by atoms with E-state index in [9.17, 15) is 9.59 Å². The number of hydrogen-bond donors (Lipinski definition) is 0. The van der Waals surface area contributed by atoms with Gasteiger partial charge in [0.2, 0.25) is 0 Å². The summed E-state index contributed by atoms with van der Waals surface area (Å²) in [6.45, 7) is 5.46. The fourth-order valence-corrected chi connectivity index (χ4v) is 4.52. The summed E-state index contributed by atoms with van der Waals surface area (Å²) in [6.07, 6.45) is 8.47. The third kappa shape index (κ3) is 7.16. The van der Waals surface area contributed by atoms with Gasteiger partial charge in [-0.2, -0.15) is 0 Å². The van der Waals surface area contributed by atoms with E-state index >= 15 is 0 Å². The van der Waals surface area contributed by atoms with Crippen LogP contribution in [0.2, 0.25) is 0 Å². The molecule has 0 spiro atoms. The van der Waals surface area contributed by atoms with Crippen LogP contribution in [0, 0.1) is 24.2 Å². The smallest absolute Gasteiger partial charge is 0.185 e. The molecular formula is C16H27O2S2. The minimum absolute atomic E-state index is 0.225. The molecule has 1 fully saturated rings. The second-order valence-electron chi connectivity index (χ2n) is 5.68. The molecule has 3 atom stereocenters. The molecule has 1 saturated carbocycles. The Bertz CT molecular complexity index is 318. The lowest BCUT2D eigenvalue weighted by Gasteiger charge is -2.36. The molecule has 1 aliphatic rings. The highest BCUT2D eigenvalue weighted by Gasteiger charge is 2.29. The zero-order valence-electron chi connectivity index (χ0n) is 12.9. The maximum absolute atomic E-state index is 11.1. The predicted molar refractivity (Wildman–Crippen MR) is 89.8 cm³/mol. The number of carbonyl (C=O) groups is 2. The summed E-state index contributed by atoms with van der Waals surface area (Å²) in [4.78, 5) is 22.1. The number of carbonyl (C=O) groups excluding carboxylic acids is 2. The summed E-state index contributed by atoms with van der Waals surface area (Å²) in [5.41, 5.74) is 0. The van der Waals surface area contributed by atoms with Crippen molar-refractivity contribution in [2.75, 3.05) is 11.5 Å². The van der Waals surface area contributed by atoms with Gasteiger partial charge in [-0.25, -0.2) is 0 Å². The minimum Gasteiger partial charge on any atom is -0.288 e. The topological polar surface area (TPSA) is 34.1 Å². The molecule has 0 bridgehead atoms. The van der Waals surface area contributed by atoms with Crippen LogP contribution in [0.3, 0.4) is 0 Å². The van der Waals surface area contributed by atoms with Gasteiger partial charge < -0.3 is 0 Å². The fraction of sp³-hybridized carbons (Fsp3) is 0.812. The van der Waals surface area contributed by atoms with E-state index in [0.717, 1.165) is 42.1 Å². The van der Waals surface area contributed by atoms with Crippen LogP contribution in [0.15, 0.2) is 0 Å². The van der Waals surface area contributed by atoms with Gasteiger partial charge in [-0.15, -0.1) is 0 Å². The molecule has 1 aliphatic carbocycles. The Morgan fingerprint density at radius 2 is 1.55 bits per heavy atom. The highest BCUT2D eigenvalue weighted by molar-refractivity contribution is 8.13. The van der Waals surface area contributed by atoms with E-state index in [2.05, 4.69) is 13.3 Å². The molecule has 2 nitrogen and oxygen atoms in total. The van der Waals surface area contributed by atoms with Crippen molar-refractivity contribution in [2.45, 2.75) is 52.9 Å². The molecule has 0 aromatic rings. The molecule has 0 aromatic carbocycles. The van der Waals surface area contributed by atoms with Gasteiger partial charge in [0.25, 0.3) is 0 Å². The molecule has 0 aliphatic heterocycles. The highest BCUT2D eigenvalue weighted by atomic mass is 32.2. The predicted octanol–water partition coefficient (Wildman–Crippen LogP) is 4.58. The van der Waals surface area contributed by atoms with Crippen molar-refractivity contribution in [2.24, 2.45) is 17.8 Å². The average Bonchev–Trinajstić information content (AvgIpc) is 2.39. The van der Waals surface area contributed by atoms with Crippen molar-refractivity contribution in [3.8, 4) is 0 Å². The number of rotatable bonds is 7. The minimum atomic E-state index is 0.225. The van der Waals surface area contributed by atoms with E-state index in [-0.39, 0.29) is 10.2 Å². The molecule has 20 heavy (non-hydrogen) atoms. The first-order chi connectivity index (χ1) is 9.52. The van der Waals surface area contributed by atoms with E-state index in [1.54, 1.807) is 13.8 Å². The Kier molecular flexibility index (Phi) is 8.94. The second kappa shape index (κ2) is 9.88. The van der Waals surface area contributed by atoms with Crippen LogP contribution in [0.25, 0.3) is 0 Å². The summed E-state index contributed by atoms with van der Waals surface area (Å²) < 4.78 is 0. The molecule has 115 valence electrons. The summed E-state index contributed by atoms with van der Waals surface area (Å²) >= 11 is 2.91. The van der Waals surface area contributed by atoms with Gasteiger partial charge in [0.1, 0.15) is 0 Å². The normalized spacial score (nSPS) is 26.4.